The van der Waals surface area contributed by atoms with Gasteiger partial charge in [0.2, 0.25) is 18.2 Å². The Labute approximate surface area is 259 Å². The van der Waals surface area contributed by atoms with Gasteiger partial charge in [-0.2, -0.15) is 0 Å². The molecular formula is C33H44N6O5. The molecule has 1 unspecified atom stereocenters. The van der Waals surface area contributed by atoms with Crippen molar-refractivity contribution in [2.75, 3.05) is 68.0 Å². The number of piperidine rings is 1. The highest BCUT2D eigenvalue weighted by Crippen LogP contribution is 2.27. The van der Waals surface area contributed by atoms with Gasteiger partial charge in [-0.1, -0.05) is 0 Å². The first kappa shape index (κ1) is 32.7. The lowest BCUT2D eigenvalue weighted by Crippen LogP contribution is -2.49. The van der Waals surface area contributed by atoms with Gasteiger partial charge in [-0.25, -0.2) is 0 Å². The second-order valence-electron chi connectivity index (χ2n) is 11.8. The van der Waals surface area contributed by atoms with Crippen LogP contribution in [0.15, 0.2) is 42.5 Å². The van der Waals surface area contributed by atoms with E-state index in [0.717, 1.165) is 76.3 Å². The molecule has 2 heterocycles. The molecule has 4 amide bonds. The Bertz CT molecular complexity index is 1320. The molecule has 2 aromatic rings. The molecule has 0 aromatic heterocycles. The predicted molar refractivity (Wildman–Crippen MR) is 171 cm³/mol. The fourth-order valence-electron chi connectivity index (χ4n) is 5.99. The van der Waals surface area contributed by atoms with Gasteiger partial charge in [-0.15, -0.1) is 0 Å². The number of nitrogens with one attached hydrogen (secondary N) is 2. The Morgan fingerprint density at radius 1 is 0.932 bits per heavy atom. The molecule has 2 aliphatic rings. The average molecular weight is 605 g/mol. The third kappa shape index (κ3) is 8.66. The molecule has 236 valence electrons. The second-order valence-corrected chi connectivity index (χ2v) is 11.8. The van der Waals surface area contributed by atoms with Crippen molar-refractivity contribution < 1.29 is 24.0 Å². The van der Waals surface area contributed by atoms with Crippen LogP contribution in [0.3, 0.4) is 0 Å². The lowest BCUT2D eigenvalue weighted by atomic mass is 9.95. The molecular weight excluding hydrogens is 560 g/mol. The number of carbonyl (C=O) groups excluding carboxylic acids is 5. The Balaban J connectivity index is 1.24. The predicted octanol–water partition coefficient (Wildman–Crippen LogP) is 3.01. The molecule has 0 aliphatic carbocycles. The quantitative estimate of drug-likeness (QED) is 0.355. The van der Waals surface area contributed by atoms with E-state index in [9.17, 15) is 24.0 Å². The average Bonchev–Trinajstić information content (AvgIpc) is 3.03. The van der Waals surface area contributed by atoms with E-state index in [1.165, 1.54) is 17.5 Å². The standard InChI is InChI=1S/C33H44N6O5/c1-24(4-11-32(43)34-23-41)36(3)33(44)31-10-9-30(20-27(31)22-40)39-18-16-37(17-19-39)21-26-12-14-38(15-13-26)29-7-5-28(6-8-29)35-25(2)42/h5-10,20,22-24,26H,4,11-19,21H2,1-3H3,(H,35,42)(H,34,41,43). The fourth-order valence-corrected chi connectivity index (χ4v) is 5.99. The molecule has 0 radical (unpaired) electrons. The van der Waals surface area contributed by atoms with Gasteiger partial charge < -0.3 is 20.0 Å². The van der Waals surface area contributed by atoms with E-state index < -0.39 is 0 Å². The van der Waals surface area contributed by atoms with Crippen LogP contribution in [0.2, 0.25) is 0 Å². The smallest absolute Gasteiger partial charge is 0.254 e. The Hall–Kier alpha value is -4.25. The molecule has 0 saturated carbocycles. The molecule has 2 saturated heterocycles. The zero-order valence-corrected chi connectivity index (χ0v) is 26.0. The van der Waals surface area contributed by atoms with Gasteiger partial charge in [-0.3, -0.25) is 34.2 Å². The number of hydrogen-bond donors (Lipinski definition) is 2. The largest absolute Gasteiger partial charge is 0.372 e. The van der Waals surface area contributed by atoms with E-state index in [0.29, 0.717) is 29.9 Å². The number of carbonyl (C=O) groups is 5. The molecule has 2 N–H and O–H groups in total. The number of anilines is 3. The van der Waals surface area contributed by atoms with Gasteiger partial charge in [0.25, 0.3) is 5.91 Å². The number of piperazine rings is 1. The van der Waals surface area contributed by atoms with Crippen LogP contribution in [0, 0.1) is 5.92 Å². The third-order valence-electron chi connectivity index (χ3n) is 8.80. The molecule has 2 fully saturated rings. The highest BCUT2D eigenvalue weighted by molar-refractivity contribution is 6.02. The van der Waals surface area contributed by atoms with Crippen molar-refractivity contribution in [1.82, 2.24) is 15.1 Å². The molecule has 0 spiro atoms. The minimum Gasteiger partial charge on any atom is -0.372 e. The normalized spacial score (nSPS) is 16.6. The zero-order chi connectivity index (χ0) is 31.6. The minimum absolute atomic E-state index is 0.0664. The van der Waals surface area contributed by atoms with Crippen molar-refractivity contribution in [3.05, 3.63) is 53.6 Å². The van der Waals surface area contributed by atoms with Gasteiger partial charge in [0.15, 0.2) is 6.29 Å². The first-order valence-electron chi connectivity index (χ1n) is 15.4. The van der Waals surface area contributed by atoms with Gasteiger partial charge >= 0.3 is 0 Å². The zero-order valence-electron chi connectivity index (χ0n) is 26.0. The van der Waals surface area contributed by atoms with Crippen molar-refractivity contribution >= 4 is 47.5 Å². The summed E-state index contributed by atoms with van der Waals surface area (Å²) in [5, 5.41) is 4.92. The van der Waals surface area contributed by atoms with E-state index in [2.05, 4.69) is 37.5 Å². The summed E-state index contributed by atoms with van der Waals surface area (Å²) in [6.45, 7) is 10.1. The number of hydrogen-bond acceptors (Lipinski definition) is 8. The molecule has 1 atom stereocenters. The number of aldehydes is 1. The molecule has 2 aliphatic heterocycles. The molecule has 44 heavy (non-hydrogen) atoms. The first-order valence-corrected chi connectivity index (χ1v) is 15.4. The molecule has 11 heteroatoms. The van der Waals surface area contributed by atoms with Crippen molar-refractivity contribution in [2.45, 2.75) is 45.6 Å². The minimum atomic E-state index is -0.390. The summed E-state index contributed by atoms with van der Waals surface area (Å²) in [5.74, 6) is -0.0791. The lowest BCUT2D eigenvalue weighted by molar-refractivity contribution is -0.125. The number of benzene rings is 2. The molecule has 2 aromatic carbocycles. The number of nitrogens with zero attached hydrogens (tertiary/aromatic N) is 4. The van der Waals surface area contributed by atoms with Crippen molar-refractivity contribution in [3.63, 3.8) is 0 Å². The maximum absolute atomic E-state index is 13.2. The molecule has 11 nitrogen and oxygen atoms in total. The molecule has 0 bridgehead atoms. The van der Waals surface area contributed by atoms with Crippen LogP contribution in [0.1, 0.15) is 60.2 Å². The maximum atomic E-state index is 13.2. The van der Waals surface area contributed by atoms with Crippen LogP contribution in [0.25, 0.3) is 0 Å². The monoisotopic (exact) mass is 604 g/mol. The summed E-state index contributed by atoms with van der Waals surface area (Å²) in [5.41, 5.74) is 3.63. The van der Waals surface area contributed by atoms with Crippen molar-refractivity contribution in [3.8, 4) is 0 Å². The van der Waals surface area contributed by atoms with E-state index in [1.54, 1.807) is 19.2 Å². The van der Waals surface area contributed by atoms with E-state index in [1.807, 2.05) is 25.1 Å². The fraction of sp³-hybridized carbons (Fsp3) is 0.485. The van der Waals surface area contributed by atoms with E-state index in [-0.39, 0.29) is 30.2 Å². The SMILES string of the molecule is CC(=O)Nc1ccc(N2CCC(CN3CCN(c4ccc(C(=O)N(C)C(C)CCC(=O)NC=O)c(C=O)c4)CC3)CC2)cc1. The first-order chi connectivity index (χ1) is 21.2. The summed E-state index contributed by atoms with van der Waals surface area (Å²) in [6, 6.07) is 13.2. The third-order valence-corrected chi connectivity index (χ3v) is 8.80. The van der Waals surface area contributed by atoms with Crippen molar-refractivity contribution in [1.29, 1.82) is 0 Å². The lowest BCUT2D eigenvalue weighted by Gasteiger charge is -2.40. The van der Waals surface area contributed by atoms with Gasteiger partial charge in [0.1, 0.15) is 0 Å². The van der Waals surface area contributed by atoms with Crippen LogP contribution in [0.4, 0.5) is 17.1 Å². The number of imide groups is 1. The topological polar surface area (TPSA) is 122 Å². The maximum Gasteiger partial charge on any atom is 0.254 e. The molecule has 4 rings (SSSR count). The van der Waals surface area contributed by atoms with Crippen molar-refractivity contribution in [2.24, 2.45) is 5.92 Å². The van der Waals surface area contributed by atoms with Crippen LogP contribution >= 0.6 is 0 Å². The summed E-state index contributed by atoms with van der Waals surface area (Å²) in [7, 11) is 1.66. The van der Waals surface area contributed by atoms with E-state index >= 15 is 0 Å². The summed E-state index contributed by atoms with van der Waals surface area (Å²) >= 11 is 0. The Morgan fingerprint density at radius 2 is 1.57 bits per heavy atom. The number of amides is 4. The van der Waals surface area contributed by atoms with Crippen LogP contribution in [-0.4, -0.2) is 99.1 Å². The Kier molecular flexibility index (Phi) is 11.5. The summed E-state index contributed by atoms with van der Waals surface area (Å²) in [6.07, 6.45) is 3.89. The Morgan fingerprint density at radius 3 is 2.18 bits per heavy atom. The van der Waals surface area contributed by atoms with Gasteiger partial charge in [-0.05, 0) is 74.6 Å². The van der Waals surface area contributed by atoms with Crippen LogP contribution in [0.5, 0.6) is 0 Å². The number of rotatable bonds is 12. The highest BCUT2D eigenvalue weighted by atomic mass is 16.2. The van der Waals surface area contributed by atoms with Gasteiger partial charge in [0.05, 0.1) is 5.56 Å². The van der Waals surface area contributed by atoms with E-state index in [4.69, 9.17) is 0 Å². The highest BCUT2D eigenvalue weighted by Gasteiger charge is 2.26. The van der Waals surface area contributed by atoms with Crippen LogP contribution in [-0.2, 0) is 14.4 Å². The van der Waals surface area contributed by atoms with Crippen LogP contribution < -0.4 is 20.4 Å². The second kappa shape index (κ2) is 15.5. The van der Waals surface area contributed by atoms with Gasteiger partial charge in [0, 0.05) is 94.9 Å². The summed E-state index contributed by atoms with van der Waals surface area (Å²) < 4.78 is 0. The summed E-state index contributed by atoms with van der Waals surface area (Å²) in [4.78, 5) is 67.2.